The van der Waals surface area contributed by atoms with Gasteiger partial charge in [0, 0.05) is 34.0 Å². The molecule has 6 aromatic rings. The molecular weight excluding hydrogens is 713 g/mol. The van der Waals surface area contributed by atoms with Gasteiger partial charge in [-0.1, -0.05) is 146 Å². The van der Waals surface area contributed by atoms with Gasteiger partial charge < -0.3 is 9.80 Å². The molecule has 6 aromatic carbocycles. The van der Waals surface area contributed by atoms with Crippen molar-refractivity contribution in [3.05, 3.63) is 210 Å². The third-order valence-corrected chi connectivity index (χ3v) is 16.8. The van der Waals surface area contributed by atoms with Gasteiger partial charge in [-0.25, -0.2) is 0 Å². The van der Waals surface area contributed by atoms with E-state index in [4.69, 9.17) is 0 Å². The van der Waals surface area contributed by atoms with Crippen LogP contribution >= 0.6 is 0 Å². The third-order valence-electron chi connectivity index (χ3n) is 16.8. The number of nitrogens with zero attached hydrogens (tertiary/aromatic N) is 2. The molecule has 0 bridgehead atoms. The van der Waals surface area contributed by atoms with E-state index >= 15 is 0 Å². The molecule has 7 atom stereocenters. The maximum Gasteiger partial charge on any atom is 0.0590 e. The number of hydrogen-bond acceptors (Lipinski definition) is 2. The van der Waals surface area contributed by atoms with Crippen LogP contribution in [0.5, 0.6) is 0 Å². The van der Waals surface area contributed by atoms with Gasteiger partial charge in [0.2, 0.25) is 0 Å². The van der Waals surface area contributed by atoms with Crippen LogP contribution in [0.25, 0.3) is 39.0 Å². The first-order valence-corrected chi connectivity index (χ1v) is 22.1. The molecule has 8 aliphatic rings. The van der Waals surface area contributed by atoms with Gasteiger partial charge in [-0.2, -0.15) is 0 Å². The molecule has 1 spiro atoms. The lowest BCUT2D eigenvalue weighted by Crippen LogP contribution is -3.02. The molecule has 0 amide bonds. The van der Waals surface area contributed by atoms with E-state index in [9.17, 15) is 0 Å². The standard InChI is InChI=1S/C57H46N2/c1-5-13-37(14-6-1)41-21-25-51-47(29-41)48-30-42(38-15-7-2-8-16-38)22-26-52(48)58(51)55-34-45-33-46-35-56(36-55,57(45,46)55)59-53-27-23-43(39-17-9-3-10-18-39)31-49(53)50-32-44(24-28-54(50)59)40-19-11-4-12-20-40/h1-27,29,31-32,45-46,48,54H,28,30,33-36H2/t45?,46?,48-,54?,55?,56?,57?/m0/s1. The Labute approximate surface area is 347 Å². The summed E-state index contributed by atoms with van der Waals surface area (Å²) in [5.41, 5.74) is 20.4. The fourth-order valence-electron chi connectivity index (χ4n) is 14.8. The van der Waals surface area contributed by atoms with Crippen molar-refractivity contribution in [1.82, 2.24) is 0 Å². The number of allylic oxidation sites excluding steroid dienone is 6. The first kappa shape index (κ1) is 32.8. The maximum atomic E-state index is 3.04. The molecule has 284 valence electrons. The molecule has 4 saturated carbocycles. The molecule has 2 heterocycles. The monoisotopic (exact) mass is 758 g/mol. The summed E-state index contributed by atoms with van der Waals surface area (Å²) in [5, 5.41) is 0. The fourth-order valence-corrected chi connectivity index (χ4v) is 14.8. The van der Waals surface area contributed by atoms with Gasteiger partial charge in [-0.3, -0.25) is 0 Å². The summed E-state index contributed by atoms with van der Waals surface area (Å²) in [6.07, 6.45) is 17.5. The molecule has 2 nitrogen and oxygen atoms in total. The Morgan fingerprint density at radius 1 is 0.542 bits per heavy atom. The Hall–Kier alpha value is -6.12. The molecule has 0 saturated heterocycles. The Morgan fingerprint density at radius 3 is 1.83 bits per heavy atom. The van der Waals surface area contributed by atoms with Crippen LogP contribution in [0.2, 0.25) is 0 Å². The molecule has 0 radical (unpaired) electrons. The van der Waals surface area contributed by atoms with E-state index in [1.807, 2.05) is 0 Å². The number of rotatable bonds is 6. The molecule has 2 aliphatic heterocycles. The molecule has 6 aliphatic carbocycles. The van der Waals surface area contributed by atoms with Gasteiger partial charge >= 0.3 is 0 Å². The maximum absolute atomic E-state index is 3.04. The summed E-state index contributed by atoms with van der Waals surface area (Å²) in [6, 6.07) is 59.5. The van der Waals surface area contributed by atoms with Gasteiger partial charge in [-0.15, -0.1) is 0 Å². The molecule has 0 N–H and O–H groups in total. The Bertz CT molecular complexity index is 2860. The molecular formula is C57H46N2. The fraction of sp³-hybridized carbons (Fsp3) is 0.228. The van der Waals surface area contributed by atoms with Crippen molar-refractivity contribution in [2.24, 2.45) is 17.3 Å². The number of hydrogen-bond donors (Lipinski definition) is 0. The van der Waals surface area contributed by atoms with Crippen LogP contribution < -0.4 is 9.80 Å². The number of anilines is 2. The van der Waals surface area contributed by atoms with Crippen molar-refractivity contribution in [2.75, 3.05) is 9.80 Å². The van der Waals surface area contributed by atoms with E-state index in [-0.39, 0.29) is 11.1 Å². The smallest absolute Gasteiger partial charge is 0.0590 e. The zero-order chi connectivity index (χ0) is 38.5. The minimum atomic E-state index is 0.164. The summed E-state index contributed by atoms with van der Waals surface area (Å²) < 4.78 is 0. The summed E-state index contributed by atoms with van der Waals surface area (Å²) in [6.45, 7) is 0. The first-order chi connectivity index (χ1) is 29.2. The SMILES string of the molecule is C1=C(c2ccccc2)C=C2c3cc(-c4ccccc4)ccc3N(C34CC5CC6CC(N7C8=CC=C(c9ccccc9)C[C@H]8c8cc(-c9ccccc9)ccc87)(C3)C654)C2C1. The predicted molar refractivity (Wildman–Crippen MR) is 243 cm³/mol. The van der Waals surface area contributed by atoms with Crippen LogP contribution in [0.1, 0.15) is 66.7 Å². The largest absolute Gasteiger partial charge is 0.357 e. The number of benzene rings is 6. The summed E-state index contributed by atoms with van der Waals surface area (Å²) in [7, 11) is 0. The first-order valence-electron chi connectivity index (χ1n) is 22.1. The molecule has 0 aromatic heterocycles. The van der Waals surface area contributed by atoms with Crippen LogP contribution in [0.4, 0.5) is 11.4 Å². The van der Waals surface area contributed by atoms with E-state index in [1.54, 1.807) is 5.70 Å². The highest BCUT2D eigenvalue weighted by molar-refractivity contribution is 5.98. The van der Waals surface area contributed by atoms with Crippen LogP contribution in [0.3, 0.4) is 0 Å². The quantitative estimate of drug-likeness (QED) is 0.167. The minimum Gasteiger partial charge on any atom is -0.357 e. The van der Waals surface area contributed by atoms with Crippen molar-refractivity contribution in [2.45, 2.75) is 61.6 Å². The van der Waals surface area contributed by atoms with Crippen molar-refractivity contribution >= 4 is 28.1 Å². The van der Waals surface area contributed by atoms with E-state index < -0.39 is 0 Å². The molecule has 59 heavy (non-hydrogen) atoms. The molecule has 14 rings (SSSR count). The summed E-state index contributed by atoms with van der Waals surface area (Å²) in [4.78, 5) is 6.01. The topological polar surface area (TPSA) is 6.48 Å². The third kappa shape index (κ3) is 3.99. The van der Waals surface area contributed by atoms with E-state index in [0.29, 0.717) is 17.4 Å². The lowest BCUT2D eigenvalue weighted by Gasteiger charge is -2.97. The Morgan fingerprint density at radius 2 is 1.15 bits per heavy atom. The molecule has 2 heteroatoms. The van der Waals surface area contributed by atoms with Crippen LogP contribution in [0, 0.1) is 17.3 Å². The number of fused-ring (bicyclic) bond motifs is 6. The zero-order valence-corrected chi connectivity index (χ0v) is 33.3. The second-order valence-corrected chi connectivity index (χ2v) is 18.9. The van der Waals surface area contributed by atoms with Crippen LogP contribution in [-0.2, 0) is 0 Å². The lowest BCUT2D eigenvalue weighted by atomic mass is 9.12. The van der Waals surface area contributed by atoms with Crippen molar-refractivity contribution in [3.8, 4) is 22.3 Å². The average Bonchev–Trinajstić information content (AvgIpc) is 3.78. The van der Waals surface area contributed by atoms with Gasteiger partial charge in [0.25, 0.3) is 0 Å². The van der Waals surface area contributed by atoms with E-state index in [1.165, 1.54) is 98.3 Å². The summed E-state index contributed by atoms with van der Waals surface area (Å²) >= 11 is 0. The minimum absolute atomic E-state index is 0.164. The predicted octanol–water partition coefficient (Wildman–Crippen LogP) is 13.4. The van der Waals surface area contributed by atoms with Crippen molar-refractivity contribution in [1.29, 1.82) is 0 Å². The highest BCUT2D eigenvalue weighted by Gasteiger charge is 2.97. The zero-order valence-electron chi connectivity index (χ0n) is 33.3. The van der Waals surface area contributed by atoms with Gasteiger partial charge in [0.1, 0.15) is 0 Å². The lowest BCUT2D eigenvalue weighted by molar-refractivity contribution is -0.397. The van der Waals surface area contributed by atoms with Crippen molar-refractivity contribution in [3.63, 3.8) is 0 Å². The highest BCUT2D eigenvalue weighted by Crippen LogP contribution is 2.94. The van der Waals surface area contributed by atoms with Gasteiger partial charge in [0.15, 0.2) is 0 Å². The van der Waals surface area contributed by atoms with Gasteiger partial charge in [-0.05, 0) is 142 Å². The van der Waals surface area contributed by atoms with Crippen LogP contribution in [0.15, 0.2) is 188 Å². The second-order valence-electron chi connectivity index (χ2n) is 18.9. The van der Waals surface area contributed by atoms with Gasteiger partial charge in [0.05, 0.1) is 17.1 Å². The van der Waals surface area contributed by atoms with Crippen LogP contribution in [-0.4, -0.2) is 17.1 Å². The Balaban J connectivity index is 0.902. The highest BCUT2D eigenvalue weighted by atomic mass is 15.4. The average molecular weight is 759 g/mol. The second kappa shape index (κ2) is 11.5. The normalized spacial score (nSPS) is 30.8. The molecule has 6 unspecified atom stereocenters. The summed E-state index contributed by atoms with van der Waals surface area (Å²) in [5.74, 6) is 1.98. The van der Waals surface area contributed by atoms with E-state index in [0.717, 1.165) is 24.7 Å². The Kier molecular flexibility index (Phi) is 6.41. The molecule has 4 fully saturated rings. The van der Waals surface area contributed by atoms with Crippen molar-refractivity contribution < 1.29 is 0 Å². The van der Waals surface area contributed by atoms with E-state index in [2.05, 4.69) is 192 Å².